The lowest BCUT2D eigenvalue weighted by Crippen LogP contribution is -2.43. The molecule has 0 bridgehead atoms. The van der Waals surface area contributed by atoms with E-state index in [0.717, 1.165) is 0 Å². The number of hydrogen-bond donors (Lipinski definition) is 1. The molecule has 3 rings (SSSR count). The maximum absolute atomic E-state index is 13.0. The molecule has 0 saturated carbocycles. The molecule has 0 radical (unpaired) electrons. The van der Waals surface area contributed by atoms with Crippen molar-refractivity contribution in [3.8, 4) is 0 Å². The van der Waals surface area contributed by atoms with E-state index in [9.17, 15) is 19.1 Å². The van der Waals surface area contributed by atoms with Gasteiger partial charge in [-0.3, -0.25) is 9.59 Å². The summed E-state index contributed by atoms with van der Waals surface area (Å²) >= 11 is 0. The molecule has 2 aliphatic rings. The molecule has 1 aromatic rings. The molecule has 1 aromatic carbocycles. The van der Waals surface area contributed by atoms with Gasteiger partial charge < -0.3 is 14.9 Å². The minimum Gasteiger partial charge on any atom is -0.388 e. The van der Waals surface area contributed by atoms with Crippen molar-refractivity contribution in [3.63, 3.8) is 0 Å². The van der Waals surface area contributed by atoms with E-state index in [1.165, 1.54) is 12.1 Å². The van der Waals surface area contributed by atoms with Crippen molar-refractivity contribution in [1.29, 1.82) is 0 Å². The number of likely N-dealkylation sites (tertiary alicyclic amines) is 2. The summed E-state index contributed by atoms with van der Waals surface area (Å²) in [6.45, 7) is 4.28. The van der Waals surface area contributed by atoms with Gasteiger partial charge in [0.1, 0.15) is 5.82 Å². The summed E-state index contributed by atoms with van der Waals surface area (Å²) in [5, 5.41) is 10.5. The highest BCUT2D eigenvalue weighted by molar-refractivity contribution is 5.89. The molecule has 2 heterocycles. The standard InChI is InChI=1S/C19H25FN2O3/c1-2-21-12-15(11-17(21)23)19(25)22-9-7-14(8-10-22)18(24)13-3-5-16(20)6-4-13/h3-6,14-15,18,24H,2,7-12H2,1H3. The Balaban J connectivity index is 1.54. The van der Waals surface area contributed by atoms with Gasteiger partial charge in [-0.05, 0) is 43.4 Å². The minimum absolute atomic E-state index is 0.0546. The third-order valence-corrected chi connectivity index (χ3v) is 5.45. The third-order valence-electron chi connectivity index (χ3n) is 5.45. The number of rotatable bonds is 4. The van der Waals surface area contributed by atoms with Crippen LogP contribution in [0.25, 0.3) is 0 Å². The van der Waals surface area contributed by atoms with Crippen molar-refractivity contribution in [2.75, 3.05) is 26.2 Å². The first-order chi connectivity index (χ1) is 12.0. The van der Waals surface area contributed by atoms with Gasteiger partial charge >= 0.3 is 0 Å². The molecule has 136 valence electrons. The first-order valence-corrected chi connectivity index (χ1v) is 8.99. The summed E-state index contributed by atoms with van der Waals surface area (Å²) in [6, 6.07) is 5.93. The minimum atomic E-state index is -0.638. The van der Waals surface area contributed by atoms with Crippen molar-refractivity contribution in [1.82, 2.24) is 9.80 Å². The van der Waals surface area contributed by atoms with Crippen LogP contribution in [0.3, 0.4) is 0 Å². The Morgan fingerprint density at radius 1 is 1.28 bits per heavy atom. The highest BCUT2D eigenvalue weighted by atomic mass is 19.1. The van der Waals surface area contributed by atoms with Gasteiger partial charge in [-0.2, -0.15) is 0 Å². The number of carbonyl (C=O) groups is 2. The second-order valence-electron chi connectivity index (χ2n) is 6.99. The predicted molar refractivity (Wildman–Crippen MR) is 91.0 cm³/mol. The quantitative estimate of drug-likeness (QED) is 0.905. The second kappa shape index (κ2) is 7.52. The van der Waals surface area contributed by atoms with Gasteiger partial charge in [0, 0.05) is 32.6 Å². The van der Waals surface area contributed by atoms with Gasteiger partial charge in [-0.15, -0.1) is 0 Å². The van der Waals surface area contributed by atoms with Crippen LogP contribution in [0.4, 0.5) is 4.39 Å². The molecular weight excluding hydrogens is 323 g/mol. The molecule has 2 aliphatic heterocycles. The lowest BCUT2D eigenvalue weighted by atomic mass is 9.87. The molecule has 1 N–H and O–H groups in total. The third kappa shape index (κ3) is 3.84. The van der Waals surface area contributed by atoms with Crippen LogP contribution in [0.1, 0.15) is 37.9 Å². The second-order valence-corrected chi connectivity index (χ2v) is 6.99. The Kier molecular flexibility index (Phi) is 5.37. The smallest absolute Gasteiger partial charge is 0.227 e. The fourth-order valence-corrected chi connectivity index (χ4v) is 3.87. The normalized spacial score (nSPS) is 23.2. The van der Waals surface area contributed by atoms with Crippen molar-refractivity contribution >= 4 is 11.8 Å². The number of amides is 2. The summed E-state index contributed by atoms with van der Waals surface area (Å²) in [5.41, 5.74) is 0.714. The van der Waals surface area contributed by atoms with Gasteiger partial charge in [0.25, 0.3) is 0 Å². The number of piperidine rings is 1. The highest BCUT2D eigenvalue weighted by Gasteiger charge is 2.37. The predicted octanol–water partition coefficient (Wildman–Crippen LogP) is 1.97. The number of benzene rings is 1. The molecule has 5 nitrogen and oxygen atoms in total. The van der Waals surface area contributed by atoms with E-state index in [4.69, 9.17) is 0 Å². The van der Waals surface area contributed by atoms with E-state index in [1.54, 1.807) is 17.0 Å². The molecule has 0 spiro atoms. The lowest BCUT2D eigenvalue weighted by molar-refractivity contribution is -0.137. The molecule has 2 atom stereocenters. The van der Waals surface area contributed by atoms with Crippen LogP contribution in [0.2, 0.25) is 0 Å². The van der Waals surface area contributed by atoms with Crippen LogP contribution in [0, 0.1) is 17.7 Å². The van der Waals surface area contributed by atoms with Crippen molar-refractivity contribution in [3.05, 3.63) is 35.6 Å². The van der Waals surface area contributed by atoms with Gasteiger partial charge in [0.15, 0.2) is 0 Å². The topological polar surface area (TPSA) is 60.9 Å². The molecule has 25 heavy (non-hydrogen) atoms. The van der Waals surface area contributed by atoms with E-state index >= 15 is 0 Å². The largest absolute Gasteiger partial charge is 0.388 e. The molecule has 2 fully saturated rings. The molecule has 0 aromatic heterocycles. The van der Waals surface area contributed by atoms with E-state index in [0.29, 0.717) is 51.0 Å². The SMILES string of the molecule is CCN1CC(C(=O)N2CCC(C(O)c3ccc(F)cc3)CC2)CC1=O. The van der Waals surface area contributed by atoms with Crippen LogP contribution >= 0.6 is 0 Å². The Morgan fingerprint density at radius 2 is 1.92 bits per heavy atom. The molecular formula is C19H25FN2O3. The van der Waals surface area contributed by atoms with Crippen molar-refractivity contribution < 1.29 is 19.1 Å². The maximum atomic E-state index is 13.0. The number of carbonyl (C=O) groups excluding carboxylic acids is 2. The van der Waals surface area contributed by atoms with E-state index in [-0.39, 0.29) is 29.5 Å². The monoisotopic (exact) mass is 348 g/mol. The summed E-state index contributed by atoms with van der Waals surface area (Å²) in [4.78, 5) is 28.0. The van der Waals surface area contributed by atoms with Crippen LogP contribution in [-0.4, -0.2) is 52.9 Å². The zero-order valence-electron chi connectivity index (χ0n) is 14.5. The zero-order chi connectivity index (χ0) is 18.0. The summed E-state index contributed by atoms with van der Waals surface area (Å²) in [7, 11) is 0. The lowest BCUT2D eigenvalue weighted by Gasteiger charge is -2.35. The average molecular weight is 348 g/mol. The fourth-order valence-electron chi connectivity index (χ4n) is 3.87. The van der Waals surface area contributed by atoms with E-state index < -0.39 is 6.10 Å². The van der Waals surface area contributed by atoms with E-state index in [2.05, 4.69) is 0 Å². The highest BCUT2D eigenvalue weighted by Crippen LogP contribution is 2.32. The van der Waals surface area contributed by atoms with Crippen LogP contribution in [0.5, 0.6) is 0 Å². The average Bonchev–Trinajstić information content (AvgIpc) is 3.02. The van der Waals surface area contributed by atoms with Crippen LogP contribution in [-0.2, 0) is 9.59 Å². The van der Waals surface area contributed by atoms with Gasteiger partial charge in [-0.25, -0.2) is 4.39 Å². The first-order valence-electron chi connectivity index (χ1n) is 8.99. The molecule has 2 unspecified atom stereocenters. The Hall–Kier alpha value is -1.95. The summed E-state index contributed by atoms with van der Waals surface area (Å²) < 4.78 is 13.0. The Bertz CT molecular complexity index is 626. The molecule has 2 saturated heterocycles. The number of halogens is 1. The number of aliphatic hydroxyl groups is 1. The van der Waals surface area contributed by atoms with Gasteiger partial charge in [0.2, 0.25) is 11.8 Å². The van der Waals surface area contributed by atoms with Gasteiger partial charge in [0.05, 0.1) is 12.0 Å². The Morgan fingerprint density at radius 3 is 2.48 bits per heavy atom. The number of nitrogens with zero attached hydrogens (tertiary/aromatic N) is 2. The van der Waals surface area contributed by atoms with Crippen LogP contribution in [0.15, 0.2) is 24.3 Å². The summed E-state index contributed by atoms with van der Waals surface area (Å²) in [5.74, 6) is -0.372. The fraction of sp³-hybridized carbons (Fsp3) is 0.579. The zero-order valence-corrected chi connectivity index (χ0v) is 14.5. The Labute approximate surface area is 147 Å². The molecule has 6 heteroatoms. The van der Waals surface area contributed by atoms with Crippen molar-refractivity contribution in [2.24, 2.45) is 11.8 Å². The number of hydrogen-bond acceptors (Lipinski definition) is 3. The first kappa shape index (κ1) is 17.9. The summed E-state index contributed by atoms with van der Waals surface area (Å²) in [6.07, 6.45) is 1.09. The van der Waals surface area contributed by atoms with Crippen molar-refractivity contribution in [2.45, 2.75) is 32.3 Å². The van der Waals surface area contributed by atoms with Crippen LogP contribution < -0.4 is 0 Å². The van der Waals surface area contributed by atoms with E-state index in [1.807, 2.05) is 11.8 Å². The molecule has 2 amide bonds. The number of aliphatic hydroxyl groups excluding tert-OH is 1. The van der Waals surface area contributed by atoms with Gasteiger partial charge in [-0.1, -0.05) is 12.1 Å². The molecule has 0 aliphatic carbocycles. The maximum Gasteiger partial charge on any atom is 0.227 e.